The summed E-state index contributed by atoms with van der Waals surface area (Å²) in [5.41, 5.74) is 5.89. The zero-order valence-corrected chi connectivity index (χ0v) is 16.9. The second-order valence-electron chi connectivity index (χ2n) is 7.11. The minimum atomic E-state index is 0.0578. The number of halogens is 1. The highest BCUT2D eigenvalue weighted by molar-refractivity contribution is 6.30. The SMILES string of the molecule is Cc1cccc(-n2c(-c3ccc(Cl)cc3)cc(C(=O)N3CCOCC3)c2C)c1. The summed E-state index contributed by atoms with van der Waals surface area (Å²) >= 11 is 6.09. The molecule has 4 rings (SSSR count). The van der Waals surface area contributed by atoms with Crippen LogP contribution < -0.4 is 0 Å². The molecule has 0 saturated carbocycles. The van der Waals surface area contributed by atoms with E-state index in [-0.39, 0.29) is 5.91 Å². The van der Waals surface area contributed by atoms with Crippen LogP contribution in [0.4, 0.5) is 0 Å². The van der Waals surface area contributed by atoms with E-state index in [1.165, 1.54) is 5.56 Å². The van der Waals surface area contributed by atoms with E-state index in [1.54, 1.807) is 0 Å². The first-order valence-corrected chi connectivity index (χ1v) is 9.85. The number of ether oxygens (including phenoxy) is 1. The van der Waals surface area contributed by atoms with Crippen LogP contribution in [0.2, 0.25) is 5.02 Å². The van der Waals surface area contributed by atoms with Gasteiger partial charge in [-0.15, -0.1) is 0 Å². The Labute approximate surface area is 170 Å². The molecule has 1 fully saturated rings. The number of carbonyl (C=O) groups excluding carboxylic acids is 1. The highest BCUT2D eigenvalue weighted by atomic mass is 35.5. The van der Waals surface area contributed by atoms with Crippen molar-refractivity contribution in [2.45, 2.75) is 13.8 Å². The van der Waals surface area contributed by atoms with Gasteiger partial charge in [0.15, 0.2) is 0 Å². The fraction of sp³-hybridized carbons (Fsp3) is 0.261. The maximum atomic E-state index is 13.2. The second-order valence-corrected chi connectivity index (χ2v) is 7.55. The molecule has 5 heteroatoms. The zero-order valence-electron chi connectivity index (χ0n) is 16.1. The summed E-state index contributed by atoms with van der Waals surface area (Å²) in [6.45, 7) is 6.52. The van der Waals surface area contributed by atoms with Gasteiger partial charge in [-0.3, -0.25) is 4.79 Å². The first-order chi connectivity index (χ1) is 13.5. The quantitative estimate of drug-likeness (QED) is 0.634. The number of rotatable bonds is 3. The van der Waals surface area contributed by atoms with Crippen molar-refractivity contribution < 1.29 is 9.53 Å². The van der Waals surface area contributed by atoms with Crippen molar-refractivity contribution in [2.75, 3.05) is 26.3 Å². The van der Waals surface area contributed by atoms with Gasteiger partial charge in [0.05, 0.1) is 24.5 Å². The molecule has 1 amide bonds. The van der Waals surface area contributed by atoms with Crippen molar-refractivity contribution in [2.24, 2.45) is 0 Å². The first kappa shape index (κ1) is 18.8. The summed E-state index contributed by atoms with van der Waals surface area (Å²) in [4.78, 5) is 15.1. The summed E-state index contributed by atoms with van der Waals surface area (Å²) in [5, 5.41) is 0.693. The Morgan fingerprint density at radius 3 is 2.39 bits per heavy atom. The van der Waals surface area contributed by atoms with Crippen LogP contribution in [0.15, 0.2) is 54.6 Å². The molecule has 1 aliphatic rings. The zero-order chi connectivity index (χ0) is 19.7. The van der Waals surface area contributed by atoms with Gasteiger partial charge in [0.25, 0.3) is 5.91 Å². The lowest BCUT2D eigenvalue weighted by Gasteiger charge is -2.26. The number of hydrogen-bond donors (Lipinski definition) is 0. The fourth-order valence-electron chi connectivity index (χ4n) is 3.69. The molecule has 3 aromatic rings. The van der Waals surface area contributed by atoms with Crippen LogP contribution in [-0.4, -0.2) is 41.7 Å². The lowest BCUT2D eigenvalue weighted by atomic mass is 10.1. The van der Waals surface area contributed by atoms with Gasteiger partial charge in [-0.25, -0.2) is 0 Å². The highest BCUT2D eigenvalue weighted by Crippen LogP contribution is 2.31. The first-order valence-electron chi connectivity index (χ1n) is 9.47. The topological polar surface area (TPSA) is 34.5 Å². The molecule has 0 unspecified atom stereocenters. The van der Waals surface area contributed by atoms with Crippen LogP contribution in [-0.2, 0) is 4.74 Å². The average Bonchev–Trinajstić information content (AvgIpc) is 3.06. The molecule has 4 nitrogen and oxygen atoms in total. The highest BCUT2D eigenvalue weighted by Gasteiger charge is 2.25. The van der Waals surface area contributed by atoms with E-state index in [0.29, 0.717) is 31.3 Å². The number of amides is 1. The van der Waals surface area contributed by atoms with Gasteiger partial charge in [-0.05, 0) is 55.3 Å². The van der Waals surface area contributed by atoms with Crippen LogP contribution in [0, 0.1) is 13.8 Å². The number of benzene rings is 2. The molecule has 0 spiro atoms. The van der Waals surface area contributed by atoms with Crippen molar-refractivity contribution in [3.8, 4) is 16.9 Å². The maximum absolute atomic E-state index is 13.2. The van der Waals surface area contributed by atoms with E-state index in [4.69, 9.17) is 16.3 Å². The Morgan fingerprint density at radius 2 is 1.71 bits per heavy atom. The van der Waals surface area contributed by atoms with E-state index in [2.05, 4.69) is 29.7 Å². The minimum Gasteiger partial charge on any atom is -0.378 e. The van der Waals surface area contributed by atoms with Crippen molar-refractivity contribution in [1.29, 1.82) is 0 Å². The molecule has 1 aromatic heterocycles. The molecule has 28 heavy (non-hydrogen) atoms. The van der Waals surface area contributed by atoms with Gasteiger partial charge in [0, 0.05) is 29.5 Å². The fourth-order valence-corrected chi connectivity index (χ4v) is 3.82. The summed E-state index contributed by atoms with van der Waals surface area (Å²) in [5.74, 6) is 0.0578. The molecule has 0 radical (unpaired) electrons. The van der Waals surface area contributed by atoms with Crippen molar-refractivity contribution in [1.82, 2.24) is 9.47 Å². The molecule has 1 aliphatic heterocycles. The van der Waals surface area contributed by atoms with Crippen LogP contribution in [0.5, 0.6) is 0 Å². The summed E-state index contributed by atoms with van der Waals surface area (Å²) in [6, 6.07) is 18.1. The van der Waals surface area contributed by atoms with Gasteiger partial charge in [-0.1, -0.05) is 35.9 Å². The Bertz CT molecular complexity index is 1000. The number of morpholine rings is 1. The summed E-state index contributed by atoms with van der Waals surface area (Å²) in [7, 11) is 0. The maximum Gasteiger partial charge on any atom is 0.255 e. The molecule has 0 N–H and O–H groups in total. The van der Waals surface area contributed by atoms with Gasteiger partial charge < -0.3 is 14.2 Å². The van der Waals surface area contributed by atoms with E-state index in [0.717, 1.165) is 28.2 Å². The van der Waals surface area contributed by atoms with Gasteiger partial charge in [0.1, 0.15) is 0 Å². The molecule has 144 valence electrons. The van der Waals surface area contributed by atoms with Crippen LogP contribution in [0.1, 0.15) is 21.6 Å². The number of hydrogen-bond acceptors (Lipinski definition) is 2. The molecule has 2 aromatic carbocycles. The molecule has 0 bridgehead atoms. The Kier molecular flexibility index (Phi) is 5.25. The number of aryl methyl sites for hydroxylation is 1. The number of nitrogens with zero attached hydrogens (tertiary/aromatic N) is 2. The largest absolute Gasteiger partial charge is 0.378 e. The lowest BCUT2D eigenvalue weighted by molar-refractivity contribution is 0.0302. The van der Waals surface area contributed by atoms with Gasteiger partial charge in [-0.2, -0.15) is 0 Å². The Morgan fingerprint density at radius 1 is 1.00 bits per heavy atom. The molecule has 1 saturated heterocycles. The van der Waals surface area contributed by atoms with Gasteiger partial charge >= 0.3 is 0 Å². The predicted molar refractivity (Wildman–Crippen MR) is 112 cm³/mol. The Balaban J connectivity index is 1.86. The minimum absolute atomic E-state index is 0.0578. The van der Waals surface area contributed by atoms with E-state index in [1.807, 2.05) is 48.2 Å². The lowest BCUT2D eigenvalue weighted by Crippen LogP contribution is -2.40. The van der Waals surface area contributed by atoms with Crippen LogP contribution in [0.3, 0.4) is 0 Å². The third-order valence-corrected chi connectivity index (χ3v) is 5.43. The second kappa shape index (κ2) is 7.82. The average molecular weight is 395 g/mol. The van der Waals surface area contributed by atoms with E-state index in [9.17, 15) is 4.79 Å². The smallest absolute Gasteiger partial charge is 0.255 e. The summed E-state index contributed by atoms with van der Waals surface area (Å²) in [6.07, 6.45) is 0. The molecular formula is C23H23ClN2O2. The third kappa shape index (κ3) is 3.58. The van der Waals surface area contributed by atoms with Gasteiger partial charge in [0.2, 0.25) is 0 Å². The van der Waals surface area contributed by atoms with Crippen molar-refractivity contribution >= 4 is 17.5 Å². The van der Waals surface area contributed by atoms with Crippen molar-refractivity contribution in [3.63, 3.8) is 0 Å². The predicted octanol–water partition coefficient (Wildman–Crippen LogP) is 4.89. The van der Waals surface area contributed by atoms with E-state index >= 15 is 0 Å². The monoisotopic (exact) mass is 394 g/mol. The van der Waals surface area contributed by atoms with Crippen LogP contribution in [0.25, 0.3) is 16.9 Å². The van der Waals surface area contributed by atoms with Crippen LogP contribution >= 0.6 is 11.6 Å². The molecule has 0 aliphatic carbocycles. The third-order valence-electron chi connectivity index (χ3n) is 5.18. The number of carbonyl (C=O) groups is 1. The molecular weight excluding hydrogens is 372 g/mol. The molecule has 0 atom stereocenters. The normalized spacial score (nSPS) is 14.3. The number of aromatic nitrogens is 1. The summed E-state index contributed by atoms with van der Waals surface area (Å²) < 4.78 is 7.55. The standard InChI is InChI=1S/C23H23ClN2O2/c1-16-4-3-5-20(14-16)26-17(2)21(23(27)25-10-12-28-13-11-25)15-22(26)18-6-8-19(24)9-7-18/h3-9,14-15H,10-13H2,1-2H3. The van der Waals surface area contributed by atoms with E-state index < -0.39 is 0 Å². The van der Waals surface area contributed by atoms with Crippen molar-refractivity contribution in [3.05, 3.63) is 76.4 Å². The Hall–Kier alpha value is -2.56. The molecule has 2 heterocycles.